The van der Waals surface area contributed by atoms with Crippen LogP contribution in [0.2, 0.25) is 0 Å². The van der Waals surface area contributed by atoms with Crippen LogP contribution in [0.3, 0.4) is 0 Å². The Kier molecular flexibility index (Phi) is 8.29. The molecule has 0 rings (SSSR count). The van der Waals surface area contributed by atoms with E-state index in [2.05, 4.69) is 47.3 Å². The summed E-state index contributed by atoms with van der Waals surface area (Å²) in [5, 5.41) is 0. The van der Waals surface area contributed by atoms with Gasteiger partial charge in [-0.3, -0.25) is 0 Å². The second kappa shape index (κ2) is 8.55. The van der Waals surface area contributed by atoms with E-state index in [9.17, 15) is 0 Å². The standard InChI is InChI=1S/C17H32/c1-7-10-11-14-17(6,15(4)5)16(12-8-2)13-9-3/h7,12,15H,1,8-11,13-14H2,2-6H3. The molecular formula is C17H32. The summed E-state index contributed by atoms with van der Waals surface area (Å²) in [6.07, 6.45) is 11.9. The van der Waals surface area contributed by atoms with Gasteiger partial charge < -0.3 is 0 Å². The van der Waals surface area contributed by atoms with E-state index in [1.807, 2.05) is 6.08 Å². The number of hydrogen-bond acceptors (Lipinski definition) is 0. The van der Waals surface area contributed by atoms with Crippen molar-refractivity contribution in [3.8, 4) is 0 Å². The van der Waals surface area contributed by atoms with Crippen molar-refractivity contribution in [1.82, 2.24) is 0 Å². The molecule has 0 aromatic carbocycles. The largest absolute Gasteiger partial charge is 0.103 e. The highest BCUT2D eigenvalue weighted by Gasteiger charge is 2.30. The number of allylic oxidation sites excluding steroid dienone is 3. The van der Waals surface area contributed by atoms with Gasteiger partial charge in [-0.25, -0.2) is 0 Å². The van der Waals surface area contributed by atoms with Crippen molar-refractivity contribution >= 4 is 0 Å². The zero-order chi connectivity index (χ0) is 13.3. The lowest BCUT2D eigenvalue weighted by Gasteiger charge is -2.37. The Labute approximate surface area is 109 Å². The Morgan fingerprint density at radius 3 is 2.35 bits per heavy atom. The van der Waals surface area contributed by atoms with Crippen molar-refractivity contribution in [3.05, 3.63) is 24.3 Å². The molecule has 0 amide bonds. The summed E-state index contributed by atoms with van der Waals surface area (Å²) in [7, 11) is 0. The van der Waals surface area contributed by atoms with Gasteiger partial charge in [0.25, 0.3) is 0 Å². The monoisotopic (exact) mass is 236 g/mol. The topological polar surface area (TPSA) is 0 Å². The van der Waals surface area contributed by atoms with Crippen LogP contribution in [0.15, 0.2) is 24.3 Å². The van der Waals surface area contributed by atoms with Gasteiger partial charge in [0.2, 0.25) is 0 Å². The molecule has 1 unspecified atom stereocenters. The van der Waals surface area contributed by atoms with Crippen LogP contribution < -0.4 is 0 Å². The molecule has 0 bridgehead atoms. The molecule has 0 aromatic rings. The molecule has 0 aliphatic rings. The van der Waals surface area contributed by atoms with E-state index in [1.54, 1.807) is 5.57 Å². The number of unbranched alkanes of at least 4 members (excludes halogenated alkanes) is 1. The third-order valence-electron chi connectivity index (χ3n) is 4.08. The molecule has 0 saturated heterocycles. The van der Waals surface area contributed by atoms with Gasteiger partial charge in [-0.1, -0.05) is 58.8 Å². The van der Waals surface area contributed by atoms with Gasteiger partial charge in [-0.2, -0.15) is 0 Å². The van der Waals surface area contributed by atoms with Crippen LogP contribution in [0.4, 0.5) is 0 Å². The van der Waals surface area contributed by atoms with E-state index < -0.39 is 0 Å². The summed E-state index contributed by atoms with van der Waals surface area (Å²) in [4.78, 5) is 0. The highest BCUT2D eigenvalue weighted by molar-refractivity contribution is 5.14. The summed E-state index contributed by atoms with van der Waals surface area (Å²) in [5.41, 5.74) is 2.07. The van der Waals surface area contributed by atoms with Crippen LogP contribution in [-0.2, 0) is 0 Å². The highest BCUT2D eigenvalue weighted by Crippen LogP contribution is 2.42. The smallest absolute Gasteiger partial charge is 0.00933 e. The molecule has 0 nitrogen and oxygen atoms in total. The van der Waals surface area contributed by atoms with Crippen LogP contribution >= 0.6 is 0 Å². The molecule has 1 atom stereocenters. The Morgan fingerprint density at radius 2 is 1.94 bits per heavy atom. The van der Waals surface area contributed by atoms with Crippen LogP contribution in [0, 0.1) is 11.3 Å². The van der Waals surface area contributed by atoms with E-state index in [-0.39, 0.29) is 0 Å². The minimum Gasteiger partial charge on any atom is -0.103 e. The van der Waals surface area contributed by atoms with Crippen molar-refractivity contribution in [1.29, 1.82) is 0 Å². The predicted octanol–water partition coefficient (Wildman–Crippen LogP) is 6.14. The van der Waals surface area contributed by atoms with Crippen molar-refractivity contribution < 1.29 is 0 Å². The molecule has 0 aliphatic heterocycles. The third kappa shape index (κ3) is 5.10. The van der Waals surface area contributed by atoms with E-state index in [0.29, 0.717) is 5.41 Å². The van der Waals surface area contributed by atoms with Gasteiger partial charge in [-0.05, 0) is 43.4 Å². The molecule has 0 N–H and O–H groups in total. The lowest BCUT2D eigenvalue weighted by molar-refractivity contribution is 0.240. The maximum absolute atomic E-state index is 3.83. The fourth-order valence-electron chi connectivity index (χ4n) is 2.57. The zero-order valence-corrected chi connectivity index (χ0v) is 12.7. The lowest BCUT2D eigenvalue weighted by Crippen LogP contribution is -2.26. The first-order chi connectivity index (χ1) is 8.02. The second-order valence-electron chi connectivity index (χ2n) is 5.64. The Hall–Kier alpha value is -0.520. The van der Waals surface area contributed by atoms with Crippen molar-refractivity contribution in [2.75, 3.05) is 0 Å². The second-order valence-corrected chi connectivity index (χ2v) is 5.64. The van der Waals surface area contributed by atoms with Crippen LogP contribution in [0.25, 0.3) is 0 Å². The van der Waals surface area contributed by atoms with Gasteiger partial charge in [0.05, 0.1) is 0 Å². The number of rotatable bonds is 9. The Morgan fingerprint density at radius 1 is 1.29 bits per heavy atom. The predicted molar refractivity (Wildman–Crippen MR) is 80.3 cm³/mol. The molecular weight excluding hydrogens is 204 g/mol. The van der Waals surface area contributed by atoms with Crippen LogP contribution in [0.5, 0.6) is 0 Å². The Bertz CT molecular complexity index is 234. The molecule has 100 valence electrons. The fraction of sp³-hybridized carbons (Fsp3) is 0.765. The SMILES string of the molecule is C=CCCCC(C)(C(=CCC)CCC)C(C)C. The summed E-state index contributed by atoms with van der Waals surface area (Å²) >= 11 is 0. The lowest BCUT2D eigenvalue weighted by atomic mass is 9.68. The molecule has 0 aliphatic carbocycles. The van der Waals surface area contributed by atoms with E-state index in [4.69, 9.17) is 0 Å². The first kappa shape index (κ1) is 16.5. The van der Waals surface area contributed by atoms with Crippen molar-refractivity contribution in [2.24, 2.45) is 11.3 Å². The third-order valence-corrected chi connectivity index (χ3v) is 4.08. The molecule has 0 aromatic heterocycles. The first-order valence-corrected chi connectivity index (χ1v) is 7.33. The minimum absolute atomic E-state index is 0.384. The quantitative estimate of drug-likeness (QED) is 0.333. The summed E-state index contributed by atoms with van der Waals surface area (Å²) in [6.45, 7) is 15.6. The molecule has 0 spiro atoms. The molecule has 0 saturated carbocycles. The average Bonchev–Trinajstić information content (AvgIpc) is 2.28. The maximum Gasteiger partial charge on any atom is -0.00933 e. The number of hydrogen-bond donors (Lipinski definition) is 0. The Balaban J connectivity index is 4.86. The molecule has 0 fully saturated rings. The van der Waals surface area contributed by atoms with Gasteiger partial charge in [0.1, 0.15) is 0 Å². The van der Waals surface area contributed by atoms with E-state index in [1.165, 1.54) is 32.1 Å². The van der Waals surface area contributed by atoms with Crippen LogP contribution in [0.1, 0.15) is 73.1 Å². The zero-order valence-electron chi connectivity index (χ0n) is 12.7. The normalized spacial score (nSPS) is 16.0. The fourth-order valence-corrected chi connectivity index (χ4v) is 2.57. The van der Waals surface area contributed by atoms with E-state index >= 15 is 0 Å². The summed E-state index contributed by atoms with van der Waals surface area (Å²) in [5.74, 6) is 0.719. The maximum atomic E-state index is 3.83. The van der Waals surface area contributed by atoms with Crippen molar-refractivity contribution in [2.45, 2.75) is 73.1 Å². The molecule has 0 heterocycles. The summed E-state index contributed by atoms with van der Waals surface area (Å²) < 4.78 is 0. The van der Waals surface area contributed by atoms with Gasteiger partial charge in [0.15, 0.2) is 0 Å². The molecule has 17 heavy (non-hydrogen) atoms. The van der Waals surface area contributed by atoms with Crippen molar-refractivity contribution in [3.63, 3.8) is 0 Å². The first-order valence-electron chi connectivity index (χ1n) is 7.33. The van der Waals surface area contributed by atoms with Crippen LogP contribution in [-0.4, -0.2) is 0 Å². The highest BCUT2D eigenvalue weighted by atomic mass is 14.4. The molecule has 0 radical (unpaired) electrons. The van der Waals surface area contributed by atoms with Gasteiger partial charge in [-0.15, -0.1) is 6.58 Å². The van der Waals surface area contributed by atoms with Gasteiger partial charge >= 0.3 is 0 Å². The van der Waals surface area contributed by atoms with E-state index in [0.717, 1.165) is 12.3 Å². The summed E-state index contributed by atoms with van der Waals surface area (Å²) in [6, 6.07) is 0. The molecule has 0 heteroatoms. The average molecular weight is 236 g/mol. The van der Waals surface area contributed by atoms with Gasteiger partial charge in [0, 0.05) is 0 Å². The minimum atomic E-state index is 0.384.